The Kier molecular flexibility index (Phi) is 6.32. The maximum absolute atomic E-state index is 12.2. The number of benzene rings is 1. The summed E-state index contributed by atoms with van der Waals surface area (Å²) in [4.78, 5) is 14.0. The first-order valence-corrected chi connectivity index (χ1v) is 8.34. The third-order valence-electron chi connectivity index (χ3n) is 3.25. The predicted molar refractivity (Wildman–Crippen MR) is 88.0 cm³/mol. The van der Waals surface area contributed by atoms with Crippen LogP contribution in [0.2, 0.25) is 0 Å². The number of halogens is 2. The van der Waals surface area contributed by atoms with Crippen LogP contribution in [0, 0.1) is 0 Å². The number of rotatable bonds is 4. The lowest BCUT2D eigenvalue weighted by Gasteiger charge is -2.20. The van der Waals surface area contributed by atoms with Gasteiger partial charge in [0.25, 0.3) is 5.91 Å². The summed E-state index contributed by atoms with van der Waals surface area (Å²) in [6.07, 6.45) is 0.976. The molecule has 0 saturated carbocycles. The van der Waals surface area contributed by atoms with E-state index in [2.05, 4.69) is 37.2 Å². The molecule has 1 amide bonds. The summed E-state index contributed by atoms with van der Waals surface area (Å²) >= 11 is 6.83. The zero-order valence-corrected chi connectivity index (χ0v) is 15.0. The van der Waals surface area contributed by atoms with Crippen LogP contribution in [0.15, 0.2) is 21.1 Å². The third kappa shape index (κ3) is 4.59. The Balaban J connectivity index is 1.96. The summed E-state index contributed by atoms with van der Waals surface area (Å²) in [5.41, 5.74) is 0. The highest BCUT2D eigenvalue weighted by atomic mass is 79.9. The van der Waals surface area contributed by atoms with Gasteiger partial charge in [0.05, 0.1) is 16.1 Å². The van der Waals surface area contributed by atoms with Crippen LogP contribution in [-0.2, 0) is 4.79 Å². The van der Waals surface area contributed by atoms with E-state index in [1.54, 1.807) is 19.2 Å². The Labute approximate surface area is 141 Å². The minimum atomic E-state index is 0.0116. The van der Waals surface area contributed by atoms with Gasteiger partial charge in [-0.15, -0.1) is 0 Å². The van der Waals surface area contributed by atoms with Gasteiger partial charge in [-0.3, -0.25) is 4.79 Å². The van der Waals surface area contributed by atoms with Gasteiger partial charge in [0.2, 0.25) is 0 Å². The number of amides is 1. The highest BCUT2D eigenvalue weighted by molar-refractivity contribution is 9.11. The molecule has 1 saturated heterocycles. The van der Waals surface area contributed by atoms with Crippen LogP contribution >= 0.6 is 31.9 Å². The maximum atomic E-state index is 12.2. The molecule has 1 N–H and O–H groups in total. The van der Waals surface area contributed by atoms with Crippen molar-refractivity contribution in [2.24, 2.45) is 0 Å². The molecule has 116 valence electrons. The molecule has 21 heavy (non-hydrogen) atoms. The number of hydrogen-bond acceptors (Lipinski definition) is 4. The van der Waals surface area contributed by atoms with Gasteiger partial charge in [0.1, 0.15) is 11.5 Å². The Morgan fingerprint density at radius 3 is 2.71 bits per heavy atom. The average Bonchev–Trinajstić information content (AvgIpc) is 2.76. The van der Waals surface area contributed by atoms with Crippen LogP contribution in [0.5, 0.6) is 11.5 Å². The van der Waals surface area contributed by atoms with Crippen molar-refractivity contribution < 1.29 is 14.3 Å². The molecule has 0 spiro atoms. The Hall–Kier alpha value is -0.790. The van der Waals surface area contributed by atoms with E-state index in [0.29, 0.717) is 11.5 Å². The van der Waals surface area contributed by atoms with Gasteiger partial charge in [-0.1, -0.05) is 0 Å². The molecular weight excluding hydrogens is 404 g/mol. The van der Waals surface area contributed by atoms with Gasteiger partial charge in [0, 0.05) is 19.6 Å². The lowest BCUT2D eigenvalue weighted by molar-refractivity contribution is -0.133. The number of methoxy groups -OCH3 is 1. The lowest BCUT2D eigenvalue weighted by atomic mass is 10.3. The van der Waals surface area contributed by atoms with Crippen molar-refractivity contribution in [3.8, 4) is 11.5 Å². The van der Waals surface area contributed by atoms with Crippen LogP contribution in [0.25, 0.3) is 0 Å². The van der Waals surface area contributed by atoms with Gasteiger partial charge in [-0.2, -0.15) is 0 Å². The summed E-state index contributed by atoms with van der Waals surface area (Å²) in [6, 6.07) is 3.60. The first-order chi connectivity index (χ1) is 10.1. The zero-order chi connectivity index (χ0) is 15.2. The van der Waals surface area contributed by atoms with E-state index in [1.807, 2.05) is 4.90 Å². The van der Waals surface area contributed by atoms with Crippen LogP contribution in [0.4, 0.5) is 0 Å². The van der Waals surface area contributed by atoms with Gasteiger partial charge in [-0.25, -0.2) is 0 Å². The van der Waals surface area contributed by atoms with E-state index >= 15 is 0 Å². The molecule has 7 heteroatoms. The normalized spacial score (nSPS) is 15.5. The fourth-order valence-corrected chi connectivity index (χ4v) is 3.02. The maximum Gasteiger partial charge on any atom is 0.260 e. The molecule has 1 heterocycles. The highest BCUT2D eigenvalue weighted by Gasteiger charge is 2.16. The second-order valence-electron chi connectivity index (χ2n) is 4.69. The third-order valence-corrected chi connectivity index (χ3v) is 4.49. The smallest absolute Gasteiger partial charge is 0.260 e. The summed E-state index contributed by atoms with van der Waals surface area (Å²) in [6.45, 7) is 3.35. The molecule has 0 atom stereocenters. The van der Waals surface area contributed by atoms with Gasteiger partial charge < -0.3 is 19.7 Å². The largest absolute Gasteiger partial charge is 0.496 e. The molecule has 1 aliphatic rings. The summed E-state index contributed by atoms with van der Waals surface area (Å²) in [5.74, 6) is 1.33. The minimum Gasteiger partial charge on any atom is -0.496 e. The highest BCUT2D eigenvalue weighted by Crippen LogP contribution is 2.35. The Morgan fingerprint density at radius 2 is 1.95 bits per heavy atom. The van der Waals surface area contributed by atoms with Crippen LogP contribution in [-0.4, -0.2) is 50.7 Å². The second kappa shape index (κ2) is 8.00. The van der Waals surface area contributed by atoms with Gasteiger partial charge in [-0.05, 0) is 57.0 Å². The molecule has 0 aromatic heterocycles. The topological polar surface area (TPSA) is 50.8 Å². The molecule has 1 aliphatic heterocycles. The van der Waals surface area contributed by atoms with Crippen LogP contribution < -0.4 is 14.8 Å². The molecule has 0 aliphatic carbocycles. The lowest BCUT2D eigenvalue weighted by Crippen LogP contribution is -2.37. The number of nitrogens with one attached hydrogen (secondary N) is 1. The van der Waals surface area contributed by atoms with E-state index < -0.39 is 0 Å². The van der Waals surface area contributed by atoms with Crippen molar-refractivity contribution in [1.29, 1.82) is 0 Å². The van der Waals surface area contributed by atoms with Gasteiger partial charge >= 0.3 is 0 Å². The van der Waals surface area contributed by atoms with E-state index in [0.717, 1.165) is 41.5 Å². The number of ether oxygens (including phenoxy) is 2. The van der Waals surface area contributed by atoms with Gasteiger partial charge in [0.15, 0.2) is 6.61 Å². The van der Waals surface area contributed by atoms with Crippen molar-refractivity contribution in [2.75, 3.05) is 39.9 Å². The van der Waals surface area contributed by atoms with Crippen molar-refractivity contribution in [3.63, 3.8) is 0 Å². The number of nitrogens with zero attached hydrogens (tertiary/aromatic N) is 1. The number of hydrogen-bond donors (Lipinski definition) is 1. The van der Waals surface area contributed by atoms with Crippen molar-refractivity contribution in [3.05, 3.63) is 21.1 Å². The van der Waals surface area contributed by atoms with Crippen molar-refractivity contribution >= 4 is 37.8 Å². The first kappa shape index (κ1) is 16.6. The minimum absolute atomic E-state index is 0.0116. The average molecular weight is 422 g/mol. The molecule has 2 rings (SSSR count). The molecule has 0 radical (unpaired) electrons. The summed E-state index contributed by atoms with van der Waals surface area (Å²) in [7, 11) is 1.60. The molecule has 1 fully saturated rings. The molecule has 0 unspecified atom stereocenters. The number of carbonyl (C=O) groups is 1. The monoisotopic (exact) mass is 420 g/mol. The summed E-state index contributed by atoms with van der Waals surface area (Å²) < 4.78 is 12.4. The number of carbonyl (C=O) groups excluding carboxylic acids is 1. The molecular formula is C14H18Br2N2O3. The van der Waals surface area contributed by atoms with E-state index in [-0.39, 0.29) is 12.5 Å². The Bertz CT molecular complexity index is 503. The summed E-state index contributed by atoms with van der Waals surface area (Å²) in [5, 5.41) is 3.27. The molecule has 0 bridgehead atoms. The van der Waals surface area contributed by atoms with Crippen LogP contribution in [0.3, 0.4) is 0 Å². The van der Waals surface area contributed by atoms with Crippen molar-refractivity contribution in [2.45, 2.75) is 6.42 Å². The standard InChI is InChI=1S/C14H18Br2N2O3/c1-20-12-7-11(16)13(8-10(12)15)21-9-14(19)18-5-2-3-17-4-6-18/h7-8,17H,2-6,9H2,1H3. The predicted octanol–water partition coefficient (Wildman–Crippen LogP) is 2.42. The molecule has 1 aromatic carbocycles. The molecule has 1 aromatic rings. The van der Waals surface area contributed by atoms with Crippen molar-refractivity contribution in [1.82, 2.24) is 10.2 Å². The fraction of sp³-hybridized carbons (Fsp3) is 0.500. The van der Waals surface area contributed by atoms with E-state index in [1.165, 1.54) is 0 Å². The zero-order valence-electron chi connectivity index (χ0n) is 11.8. The van der Waals surface area contributed by atoms with E-state index in [4.69, 9.17) is 9.47 Å². The van der Waals surface area contributed by atoms with E-state index in [9.17, 15) is 4.79 Å². The fourth-order valence-electron chi connectivity index (χ4n) is 2.10. The second-order valence-corrected chi connectivity index (χ2v) is 6.40. The Morgan fingerprint density at radius 1 is 1.24 bits per heavy atom. The van der Waals surface area contributed by atoms with Crippen LogP contribution in [0.1, 0.15) is 6.42 Å². The molecule has 5 nitrogen and oxygen atoms in total. The quantitative estimate of drug-likeness (QED) is 0.811. The first-order valence-electron chi connectivity index (χ1n) is 6.76. The SMILES string of the molecule is COc1cc(Br)c(OCC(=O)N2CCCNCC2)cc1Br.